The van der Waals surface area contributed by atoms with Gasteiger partial charge >= 0.3 is 5.97 Å². The molecular weight excluding hydrogens is 302 g/mol. The molecule has 0 aromatic heterocycles. The summed E-state index contributed by atoms with van der Waals surface area (Å²) in [5.41, 5.74) is 6.71. The molecule has 0 heterocycles. The van der Waals surface area contributed by atoms with Gasteiger partial charge in [-0.3, -0.25) is 4.79 Å². The summed E-state index contributed by atoms with van der Waals surface area (Å²) < 4.78 is 10.8. The van der Waals surface area contributed by atoms with Crippen molar-refractivity contribution in [2.24, 2.45) is 5.73 Å². The van der Waals surface area contributed by atoms with E-state index < -0.39 is 12.0 Å². The van der Waals surface area contributed by atoms with Gasteiger partial charge in [0.2, 0.25) is 0 Å². The normalized spacial score (nSPS) is 11.8. The molecule has 0 spiro atoms. The fourth-order valence-corrected chi connectivity index (χ4v) is 2.18. The van der Waals surface area contributed by atoms with Crippen LogP contribution in [0.2, 0.25) is 5.02 Å². The Kier molecular flexibility index (Phi) is 5.81. The lowest BCUT2D eigenvalue weighted by Gasteiger charge is -2.14. The van der Waals surface area contributed by atoms with Gasteiger partial charge in [-0.05, 0) is 36.8 Å². The van der Waals surface area contributed by atoms with Gasteiger partial charge in [-0.2, -0.15) is 0 Å². The predicted octanol–water partition coefficient (Wildman–Crippen LogP) is 3.57. The lowest BCUT2D eigenvalue weighted by Crippen LogP contribution is -2.34. The topological polar surface area (TPSA) is 61.5 Å². The van der Waals surface area contributed by atoms with Crippen molar-refractivity contribution in [1.29, 1.82) is 0 Å². The standard InChI is InChI=1S/C17H18ClNO3/c1-2-21-17(20)15(19)10-12-6-3-4-9-16(12)22-14-8-5-7-13(18)11-14/h3-9,11,15H,2,10,19H2,1H3. The van der Waals surface area contributed by atoms with E-state index in [0.29, 0.717) is 29.5 Å². The number of esters is 1. The van der Waals surface area contributed by atoms with Gasteiger partial charge < -0.3 is 15.2 Å². The van der Waals surface area contributed by atoms with Crippen LogP contribution >= 0.6 is 11.6 Å². The summed E-state index contributed by atoms with van der Waals surface area (Å²) in [6.07, 6.45) is 0.343. The number of ether oxygens (including phenoxy) is 2. The molecule has 0 radical (unpaired) electrons. The Hall–Kier alpha value is -2.04. The summed E-state index contributed by atoms with van der Waals surface area (Å²) in [5, 5.41) is 0.596. The van der Waals surface area contributed by atoms with E-state index in [-0.39, 0.29) is 0 Å². The van der Waals surface area contributed by atoms with Crippen LogP contribution in [0.25, 0.3) is 0 Å². The van der Waals surface area contributed by atoms with Crippen LogP contribution in [0.1, 0.15) is 12.5 Å². The van der Waals surface area contributed by atoms with Gasteiger partial charge in [0.1, 0.15) is 17.5 Å². The number of carbonyl (C=O) groups is 1. The minimum Gasteiger partial charge on any atom is -0.465 e. The molecule has 4 nitrogen and oxygen atoms in total. The van der Waals surface area contributed by atoms with Crippen LogP contribution in [-0.4, -0.2) is 18.6 Å². The van der Waals surface area contributed by atoms with E-state index in [4.69, 9.17) is 26.8 Å². The average Bonchev–Trinajstić information content (AvgIpc) is 2.49. The largest absolute Gasteiger partial charge is 0.465 e. The predicted molar refractivity (Wildman–Crippen MR) is 86.3 cm³/mol. The molecule has 1 atom stereocenters. The molecule has 22 heavy (non-hydrogen) atoms. The van der Waals surface area contributed by atoms with Crippen molar-refractivity contribution < 1.29 is 14.3 Å². The maximum Gasteiger partial charge on any atom is 0.323 e. The molecule has 5 heteroatoms. The number of carbonyl (C=O) groups excluding carboxylic acids is 1. The number of halogens is 1. The van der Waals surface area contributed by atoms with Crippen LogP contribution in [0.3, 0.4) is 0 Å². The second kappa shape index (κ2) is 7.82. The quantitative estimate of drug-likeness (QED) is 0.827. The lowest BCUT2D eigenvalue weighted by molar-refractivity contribution is -0.144. The summed E-state index contributed by atoms with van der Waals surface area (Å²) in [4.78, 5) is 11.7. The molecule has 1 unspecified atom stereocenters. The SMILES string of the molecule is CCOC(=O)C(N)Cc1ccccc1Oc1cccc(Cl)c1. The number of hydrogen-bond acceptors (Lipinski definition) is 4. The average molecular weight is 320 g/mol. The first-order chi connectivity index (χ1) is 10.6. The van der Waals surface area contributed by atoms with E-state index in [1.54, 1.807) is 19.1 Å². The first-order valence-corrected chi connectivity index (χ1v) is 7.41. The molecule has 0 aliphatic heterocycles. The molecule has 0 amide bonds. The van der Waals surface area contributed by atoms with Crippen molar-refractivity contribution >= 4 is 17.6 Å². The van der Waals surface area contributed by atoms with Gasteiger partial charge in [0.15, 0.2) is 0 Å². The van der Waals surface area contributed by atoms with Crippen LogP contribution in [0.5, 0.6) is 11.5 Å². The molecule has 2 rings (SSSR count). The van der Waals surface area contributed by atoms with Crippen molar-refractivity contribution in [1.82, 2.24) is 0 Å². The Morgan fingerprint density at radius 2 is 2.00 bits per heavy atom. The van der Waals surface area contributed by atoms with Crippen LogP contribution in [0, 0.1) is 0 Å². The van der Waals surface area contributed by atoms with E-state index in [1.807, 2.05) is 36.4 Å². The summed E-state index contributed by atoms with van der Waals surface area (Å²) >= 11 is 5.95. The molecule has 0 aliphatic rings. The highest BCUT2D eigenvalue weighted by Gasteiger charge is 2.17. The van der Waals surface area contributed by atoms with Crippen LogP contribution in [0.15, 0.2) is 48.5 Å². The van der Waals surface area contributed by atoms with E-state index in [9.17, 15) is 4.79 Å². The molecule has 0 saturated carbocycles. The molecule has 0 aliphatic carbocycles. The zero-order valence-electron chi connectivity index (χ0n) is 12.3. The lowest BCUT2D eigenvalue weighted by atomic mass is 10.1. The van der Waals surface area contributed by atoms with Crippen molar-refractivity contribution in [3.05, 3.63) is 59.1 Å². The number of para-hydroxylation sites is 1. The van der Waals surface area contributed by atoms with Gasteiger partial charge in [-0.25, -0.2) is 0 Å². The Balaban J connectivity index is 2.14. The number of rotatable bonds is 6. The first-order valence-electron chi connectivity index (χ1n) is 7.03. The third-order valence-electron chi connectivity index (χ3n) is 3.03. The maximum absolute atomic E-state index is 11.7. The summed E-state index contributed by atoms with van der Waals surface area (Å²) in [6, 6.07) is 13.8. The highest BCUT2D eigenvalue weighted by atomic mass is 35.5. The molecule has 2 N–H and O–H groups in total. The Bertz CT molecular complexity index is 645. The van der Waals surface area contributed by atoms with Gasteiger partial charge in [-0.15, -0.1) is 0 Å². The number of hydrogen-bond donors (Lipinski definition) is 1. The van der Waals surface area contributed by atoms with E-state index in [0.717, 1.165) is 5.56 Å². The van der Waals surface area contributed by atoms with E-state index in [1.165, 1.54) is 0 Å². The van der Waals surface area contributed by atoms with E-state index >= 15 is 0 Å². The molecule has 2 aromatic rings. The van der Waals surface area contributed by atoms with Crippen molar-refractivity contribution in [2.45, 2.75) is 19.4 Å². The first kappa shape index (κ1) is 16.3. The molecule has 0 saturated heterocycles. The Morgan fingerprint density at radius 3 is 2.73 bits per heavy atom. The Morgan fingerprint density at radius 1 is 1.23 bits per heavy atom. The van der Waals surface area contributed by atoms with Crippen molar-refractivity contribution in [3.8, 4) is 11.5 Å². The number of benzene rings is 2. The van der Waals surface area contributed by atoms with Gasteiger partial charge in [0.05, 0.1) is 6.61 Å². The molecule has 2 aromatic carbocycles. The minimum atomic E-state index is -0.718. The minimum absolute atomic E-state index is 0.313. The zero-order chi connectivity index (χ0) is 15.9. The molecule has 0 bridgehead atoms. The molecule has 116 valence electrons. The van der Waals surface area contributed by atoms with Crippen molar-refractivity contribution in [3.63, 3.8) is 0 Å². The Labute approximate surface area is 134 Å². The van der Waals surface area contributed by atoms with Gasteiger partial charge in [-0.1, -0.05) is 35.9 Å². The highest BCUT2D eigenvalue weighted by molar-refractivity contribution is 6.30. The van der Waals surface area contributed by atoms with Crippen LogP contribution in [-0.2, 0) is 16.0 Å². The van der Waals surface area contributed by atoms with Crippen LogP contribution < -0.4 is 10.5 Å². The zero-order valence-corrected chi connectivity index (χ0v) is 13.0. The van der Waals surface area contributed by atoms with Crippen LogP contribution in [0.4, 0.5) is 0 Å². The van der Waals surface area contributed by atoms with Crippen molar-refractivity contribution in [2.75, 3.05) is 6.61 Å². The monoisotopic (exact) mass is 319 g/mol. The maximum atomic E-state index is 11.7. The second-order valence-electron chi connectivity index (χ2n) is 4.73. The van der Waals surface area contributed by atoms with Gasteiger partial charge in [0.25, 0.3) is 0 Å². The third-order valence-corrected chi connectivity index (χ3v) is 3.26. The second-order valence-corrected chi connectivity index (χ2v) is 5.17. The number of nitrogens with two attached hydrogens (primary N) is 1. The third kappa shape index (κ3) is 4.48. The smallest absolute Gasteiger partial charge is 0.323 e. The summed E-state index contributed by atoms with van der Waals surface area (Å²) in [5.74, 6) is 0.856. The molecule has 0 fully saturated rings. The fourth-order valence-electron chi connectivity index (χ4n) is 2.00. The summed E-state index contributed by atoms with van der Waals surface area (Å²) in [6.45, 7) is 2.06. The van der Waals surface area contributed by atoms with E-state index in [2.05, 4.69) is 0 Å². The van der Waals surface area contributed by atoms with Gasteiger partial charge in [0, 0.05) is 11.4 Å². The fraction of sp³-hybridized carbons (Fsp3) is 0.235. The summed E-state index contributed by atoms with van der Waals surface area (Å²) in [7, 11) is 0. The molecular formula is C17H18ClNO3. The highest BCUT2D eigenvalue weighted by Crippen LogP contribution is 2.27.